The molecular weight excluding hydrogens is 458 g/mol. The lowest BCUT2D eigenvalue weighted by atomic mass is 10.1. The molecule has 1 atom stereocenters. The smallest absolute Gasteiger partial charge is 0.289 e. The summed E-state index contributed by atoms with van der Waals surface area (Å²) in [5.41, 5.74) is 2.80. The van der Waals surface area contributed by atoms with Gasteiger partial charge < -0.3 is 9.80 Å². The predicted molar refractivity (Wildman–Crippen MR) is 146 cm³/mol. The number of aryl methyl sites for hydroxylation is 1. The molecule has 2 aromatic rings. The van der Waals surface area contributed by atoms with Crippen LogP contribution in [0, 0.1) is 38.5 Å². The molecule has 2 aromatic carbocycles. The van der Waals surface area contributed by atoms with Crippen molar-refractivity contribution in [1.82, 2.24) is 0 Å². The van der Waals surface area contributed by atoms with E-state index in [9.17, 15) is 20.2 Å². The van der Waals surface area contributed by atoms with Crippen LogP contribution < -0.4 is 9.80 Å². The third kappa shape index (κ3) is 8.52. The van der Waals surface area contributed by atoms with E-state index in [1.54, 1.807) is 19.1 Å². The van der Waals surface area contributed by atoms with E-state index >= 15 is 0 Å². The quantitative estimate of drug-likeness (QED) is 0.229. The summed E-state index contributed by atoms with van der Waals surface area (Å²) < 4.78 is 0. The average molecular weight is 498 g/mol. The van der Waals surface area contributed by atoms with Crippen LogP contribution in [0.3, 0.4) is 0 Å². The number of hydrogen-bond donors (Lipinski definition) is 0. The largest absolute Gasteiger partial charge is 0.372 e. The standard InChI is InChI=1S/C14H19N3O2.C13H20N2O2/c1-4-8-16(11(3)5-2)13-7-6-12(10-15)14(9-13)17(18)19;1-4-8-14(9-5-2)12-6-7-13(15(16)17)11(3)10-12/h6-7,9,11H,4-5,8H2,1-3H3;6-7,10H,4-5,8-9H2,1-3H3. The van der Waals surface area contributed by atoms with Crippen LogP contribution in [0.5, 0.6) is 0 Å². The number of nitro benzene ring substituents is 2. The van der Waals surface area contributed by atoms with Crippen molar-refractivity contribution in [2.24, 2.45) is 0 Å². The SMILES string of the molecule is CCCN(CCC)c1ccc([N+](=O)[O-])c(C)c1.CCCN(c1ccc(C#N)c([N+](=O)[O-])c1)C(C)CC. The Morgan fingerprint density at radius 3 is 1.86 bits per heavy atom. The maximum atomic E-state index is 11.0. The van der Waals surface area contributed by atoms with E-state index in [4.69, 9.17) is 5.26 Å². The monoisotopic (exact) mass is 497 g/mol. The van der Waals surface area contributed by atoms with E-state index in [1.165, 1.54) is 12.1 Å². The molecule has 2 rings (SSSR count). The molecule has 36 heavy (non-hydrogen) atoms. The van der Waals surface area contributed by atoms with Crippen molar-refractivity contribution >= 4 is 22.7 Å². The fraction of sp³-hybridized carbons (Fsp3) is 0.519. The van der Waals surface area contributed by atoms with Crippen LogP contribution in [-0.2, 0) is 0 Å². The first-order chi connectivity index (χ1) is 17.1. The number of anilines is 2. The van der Waals surface area contributed by atoms with E-state index in [2.05, 4.69) is 44.4 Å². The number of nitriles is 1. The molecule has 9 nitrogen and oxygen atoms in total. The van der Waals surface area contributed by atoms with Gasteiger partial charge in [0, 0.05) is 54.7 Å². The first kappa shape index (κ1) is 30.4. The van der Waals surface area contributed by atoms with Gasteiger partial charge >= 0.3 is 0 Å². The molecule has 0 aliphatic heterocycles. The number of nitro groups is 2. The van der Waals surface area contributed by atoms with E-state index in [0.29, 0.717) is 6.04 Å². The molecule has 0 saturated heterocycles. The molecule has 0 radical (unpaired) electrons. The third-order valence-electron chi connectivity index (χ3n) is 5.95. The lowest BCUT2D eigenvalue weighted by Gasteiger charge is -2.30. The van der Waals surface area contributed by atoms with Gasteiger partial charge in [-0.15, -0.1) is 0 Å². The average Bonchev–Trinajstić information content (AvgIpc) is 2.86. The summed E-state index contributed by atoms with van der Waals surface area (Å²) in [5.74, 6) is 0. The Kier molecular flexibility index (Phi) is 12.9. The van der Waals surface area contributed by atoms with Gasteiger partial charge in [0.25, 0.3) is 11.4 Å². The maximum absolute atomic E-state index is 11.0. The first-order valence-electron chi connectivity index (χ1n) is 12.6. The maximum Gasteiger partial charge on any atom is 0.289 e. The Morgan fingerprint density at radius 1 is 0.861 bits per heavy atom. The van der Waals surface area contributed by atoms with Crippen molar-refractivity contribution in [3.63, 3.8) is 0 Å². The van der Waals surface area contributed by atoms with Crippen LogP contribution in [0.1, 0.15) is 71.4 Å². The van der Waals surface area contributed by atoms with E-state index in [-0.39, 0.29) is 21.9 Å². The topological polar surface area (TPSA) is 117 Å². The minimum absolute atomic E-state index is 0.106. The second-order valence-corrected chi connectivity index (χ2v) is 8.74. The number of benzene rings is 2. The van der Waals surface area contributed by atoms with Gasteiger partial charge in [-0.2, -0.15) is 5.26 Å². The second kappa shape index (κ2) is 15.4. The summed E-state index contributed by atoms with van der Waals surface area (Å²) in [6.07, 6.45) is 4.10. The van der Waals surface area contributed by atoms with Crippen molar-refractivity contribution in [3.8, 4) is 6.07 Å². The summed E-state index contributed by atoms with van der Waals surface area (Å²) in [5, 5.41) is 30.6. The van der Waals surface area contributed by atoms with Crippen LogP contribution >= 0.6 is 0 Å². The van der Waals surface area contributed by atoms with E-state index in [1.807, 2.05) is 18.2 Å². The molecule has 0 amide bonds. The zero-order chi connectivity index (χ0) is 27.3. The van der Waals surface area contributed by atoms with Gasteiger partial charge in [0.1, 0.15) is 11.6 Å². The zero-order valence-corrected chi connectivity index (χ0v) is 22.4. The van der Waals surface area contributed by atoms with Crippen LogP contribution in [0.4, 0.5) is 22.7 Å². The Balaban J connectivity index is 0.000000362. The van der Waals surface area contributed by atoms with Gasteiger partial charge in [0.05, 0.1) is 9.85 Å². The summed E-state index contributed by atoms with van der Waals surface area (Å²) >= 11 is 0. The Morgan fingerprint density at radius 2 is 1.42 bits per heavy atom. The van der Waals surface area contributed by atoms with E-state index in [0.717, 1.165) is 62.3 Å². The molecule has 196 valence electrons. The Bertz CT molecular complexity index is 1040. The van der Waals surface area contributed by atoms with Gasteiger partial charge in [-0.3, -0.25) is 20.2 Å². The highest BCUT2D eigenvalue weighted by Crippen LogP contribution is 2.27. The number of nitrogens with zero attached hydrogens (tertiary/aromatic N) is 5. The molecule has 0 aliphatic carbocycles. The summed E-state index contributed by atoms with van der Waals surface area (Å²) in [6, 6.07) is 12.3. The van der Waals surface area contributed by atoms with Crippen molar-refractivity contribution in [2.75, 3.05) is 29.4 Å². The van der Waals surface area contributed by atoms with Crippen molar-refractivity contribution in [1.29, 1.82) is 5.26 Å². The number of rotatable bonds is 12. The van der Waals surface area contributed by atoms with Crippen LogP contribution in [-0.4, -0.2) is 35.5 Å². The van der Waals surface area contributed by atoms with Crippen molar-refractivity contribution in [2.45, 2.75) is 73.3 Å². The first-order valence-corrected chi connectivity index (χ1v) is 12.6. The van der Waals surface area contributed by atoms with E-state index < -0.39 is 4.92 Å². The normalized spacial score (nSPS) is 11.0. The molecule has 1 unspecified atom stereocenters. The summed E-state index contributed by atoms with van der Waals surface area (Å²) in [7, 11) is 0. The molecule has 0 bridgehead atoms. The highest BCUT2D eigenvalue weighted by atomic mass is 16.6. The summed E-state index contributed by atoms with van der Waals surface area (Å²) in [6.45, 7) is 15.2. The lowest BCUT2D eigenvalue weighted by Crippen LogP contribution is -2.33. The Labute approximate surface area is 214 Å². The molecule has 0 spiro atoms. The molecule has 0 aliphatic rings. The zero-order valence-electron chi connectivity index (χ0n) is 22.4. The lowest BCUT2D eigenvalue weighted by molar-refractivity contribution is -0.385. The minimum Gasteiger partial charge on any atom is -0.372 e. The molecular formula is C27H39N5O4. The fourth-order valence-electron chi connectivity index (χ4n) is 3.96. The van der Waals surface area contributed by atoms with Gasteiger partial charge in [-0.1, -0.05) is 27.7 Å². The van der Waals surface area contributed by atoms with Gasteiger partial charge in [-0.05, 0) is 63.8 Å². The molecule has 0 saturated carbocycles. The van der Waals surface area contributed by atoms with Crippen LogP contribution in [0.25, 0.3) is 0 Å². The minimum atomic E-state index is -0.497. The van der Waals surface area contributed by atoms with Crippen LogP contribution in [0.15, 0.2) is 36.4 Å². The Hall–Kier alpha value is -3.67. The highest BCUT2D eigenvalue weighted by Gasteiger charge is 2.19. The van der Waals surface area contributed by atoms with Gasteiger partial charge in [0.2, 0.25) is 0 Å². The van der Waals surface area contributed by atoms with Gasteiger partial charge in [-0.25, -0.2) is 0 Å². The number of hydrogen-bond acceptors (Lipinski definition) is 7. The molecule has 0 fully saturated rings. The molecule has 0 aromatic heterocycles. The molecule has 0 N–H and O–H groups in total. The molecule has 9 heteroatoms. The predicted octanol–water partition coefficient (Wildman–Crippen LogP) is 7.01. The van der Waals surface area contributed by atoms with Crippen LogP contribution in [0.2, 0.25) is 0 Å². The fourth-order valence-corrected chi connectivity index (χ4v) is 3.96. The molecule has 0 heterocycles. The highest BCUT2D eigenvalue weighted by molar-refractivity contribution is 5.60. The van der Waals surface area contributed by atoms with Crippen molar-refractivity contribution in [3.05, 3.63) is 67.8 Å². The van der Waals surface area contributed by atoms with Crippen molar-refractivity contribution < 1.29 is 9.85 Å². The van der Waals surface area contributed by atoms with Gasteiger partial charge in [0.15, 0.2) is 0 Å². The summed E-state index contributed by atoms with van der Waals surface area (Å²) in [4.78, 5) is 25.3. The second-order valence-electron chi connectivity index (χ2n) is 8.74. The third-order valence-corrected chi connectivity index (χ3v) is 5.95.